The summed E-state index contributed by atoms with van der Waals surface area (Å²) >= 11 is 0. The van der Waals surface area contributed by atoms with Crippen molar-refractivity contribution in [2.75, 3.05) is 5.32 Å². The van der Waals surface area contributed by atoms with E-state index in [1.165, 1.54) is 19.5 Å². The minimum Gasteiger partial charge on any atom is -0.369 e. The first-order chi connectivity index (χ1) is 11.9. The molecule has 26 heavy (non-hydrogen) atoms. The molecule has 1 aliphatic carbocycles. The number of nitrogens with zero attached hydrogens (tertiary/aromatic N) is 2. The third kappa shape index (κ3) is 2.98. The summed E-state index contributed by atoms with van der Waals surface area (Å²) in [6, 6.07) is 5.72. The van der Waals surface area contributed by atoms with Gasteiger partial charge >= 0.3 is 6.18 Å². The normalized spacial score (nSPS) is 20.1. The molecule has 0 bridgehead atoms. The van der Waals surface area contributed by atoms with Gasteiger partial charge in [-0.1, -0.05) is 32.9 Å². The molecular formula is C19H24F3N3O. The summed E-state index contributed by atoms with van der Waals surface area (Å²) < 4.78 is 41.1. The van der Waals surface area contributed by atoms with E-state index in [0.29, 0.717) is 5.69 Å². The average molecular weight is 367 g/mol. The van der Waals surface area contributed by atoms with Crippen LogP contribution in [0.3, 0.4) is 0 Å². The smallest absolute Gasteiger partial charge is 0.369 e. The number of alkyl halides is 3. The fourth-order valence-corrected chi connectivity index (χ4v) is 4.17. The summed E-state index contributed by atoms with van der Waals surface area (Å²) in [6.45, 7) is 7.93. The largest absolute Gasteiger partial charge is 0.435 e. The lowest BCUT2D eigenvalue weighted by Crippen LogP contribution is -2.18. The van der Waals surface area contributed by atoms with E-state index in [2.05, 4.69) is 31.2 Å². The Labute approximate surface area is 151 Å². The van der Waals surface area contributed by atoms with Gasteiger partial charge in [-0.05, 0) is 41.9 Å². The van der Waals surface area contributed by atoms with Gasteiger partial charge in [0.25, 0.3) is 0 Å². The van der Waals surface area contributed by atoms with Gasteiger partial charge in [0, 0.05) is 18.4 Å². The molecular weight excluding hydrogens is 343 g/mol. The number of anilines is 1. The number of aliphatic hydroxyl groups excluding tert-OH is 1. The molecule has 0 aliphatic heterocycles. The van der Waals surface area contributed by atoms with Crippen LogP contribution < -0.4 is 5.32 Å². The minimum atomic E-state index is -4.63. The number of nitrogens with one attached hydrogen (secondary N) is 1. The van der Waals surface area contributed by atoms with Crippen LogP contribution in [0, 0.1) is 6.92 Å². The molecule has 0 saturated carbocycles. The van der Waals surface area contributed by atoms with Crippen LogP contribution in [0.15, 0.2) is 18.2 Å². The van der Waals surface area contributed by atoms with Crippen molar-refractivity contribution in [1.29, 1.82) is 0 Å². The van der Waals surface area contributed by atoms with Crippen molar-refractivity contribution in [3.05, 3.63) is 46.3 Å². The number of aliphatic hydroxyl groups is 1. The zero-order valence-corrected chi connectivity index (χ0v) is 15.6. The molecule has 3 rings (SSSR count). The van der Waals surface area contributed by atoms with E-state index in [0.717, 1.165) is 16.7 Å². The Bertz CT molecular complexity index is 839. The molecule has 1 aliphatic rings. The van der Waals surface area contributed by atoms with Crippen LogP contribution in [0.1, 0.15) is 67.4 Å². The highest BCUT2D eigenvalue weighted by Gasteiger charge is 2.41. The summed E-state index contributed by atoms with van der Waals surface area (Å²) in [7, 11) is 1.44. The van der Waals surface area contributed by atoms with Crippen molar-refractivity contribution in [2.24, 2.45) is 7.05 Å². The first-order valence-corrected chi connectivity index (χ1v) is 8.62. The van der Waals surface area contributed by atoms with Gasteiger partial charge in [0.1, 0.15) is 0 Å². The van der Waals surface area contributed by atoms with Crippen LogP contribution in [0.4, 0.5) is 18.9 Å². The number of fused-ring (bicyclic) bond motifs is 1. The molecule has 0 spiro atoms. The molecule has 2 aromatic rings. The van der Waals surface area contributed by atoms with Gasteiger partial charge in [-0.25, -0.2) is 0 Å². The maximum atomic E-state index is 13.3. The van der Waals surface area contributed by atoms with Crippen LogP contribution in [0.25, 0.3) is 0 Å². The minimum absolute atomic E-state index is 0.00125. The number of aryl methyl sites for hydroxylation is 1. The maximum Gasteiger partial charge on any atom is 0.435 e. The number of hydrogen-bond acceptors (Lipinski definition) is 3. The Kier molecular flexibility index (Phi) is 4.34. The fourth-order valence-electron chi connectivity index (χ4n) is 4.17. The predicted octanol–water partition coefficient (Wildman–Crippen LogP) is 4.64. The molecule has 2 N–H and O–H groups in total. The Morgan fingerprint density at radius 2 is 2.00 bits per heavy atom. The standard InChI is InChI=1S/C19H24F3N3O/c1-10-9-18(3,4)12-7-6-8-13(14(10)12)23-17(26)15-11(2)25(5)24-16(15)19(20,21)22/h6-8,10,17,23,26H,9H2,1-5H3. The molecule has 1 aromatic carbocycles. The van der Waals surface area contributed by atoms with Crippen molar-refractivity contribution >= 4 is 5.69 Å². The van der Waals surface area contributed by atoms with E-state index in [9.17, 15) is 18.3 Å². The van der Waals surface area contributed by atoms with Gasteiger partial charge in [0.2, 0.25) is 0 Å². The van der Waals surface area contributed by atoms with Gasteiger partial charge in [0.05, 0.1) is 5.56 Å². The fraction of sp³-hybridized carbons (Fsp3) is 0.526. The molecule has 2 unspecified atom stereocenters. The van der Waals surface area contributed by atoms with Gasteiger partial charge in [-0.2, -0.15) is 18.3 Å². The number of rotatable bonds is 3. The SMILES string of the molecule is Cc1c(C(O)Nc2cccc3c2C(C)CC3(C)C)c(C(F)(F)F)nn1C. The molecule has 7 heteroatoms. The Hall–Kier alpha value is -2.02. The molecule has 0 fully saturated rings. The zero-order valence-electron chi connectivity index (χ0n) is 15.6. The third-order valence-electron chi connectivity index (χ3n) is 5.36. The summed E-state index contributed by atoms with van der Waals surface area (Å²) in [5.41, 5.74) is 1.88. The quantitative estimate of drug-likeness (QED) is 0.778. The van der Waals surface area contributed by atoms with Crippen molar-refractivity contribution < 1.29 is 18.3 Å². The van der Waals surface area contributed by atoms with Crippen molar-refractivity contribution in [3.8, 4) is 0 Å². The number of benzene rings is 1. The second kappa shape index (κ2) is 6.01. The van der Waals surface area contributed by atoms with E-state index in [1.807, 2.05) is 12.1 Å². The Morgan fingerprint density at radius 1 is 1.35 bits per heavy atom. The molecule has 142 valence electrons. The average Bonchev–Trinajstić information content (AvgIpc) is 2.94. The zero-order chi connectivity index (χ0) is 19.4. The number of halogens is 3. The summed E-state index contributed by atoms with van der Waals surface area (Å²) in [4.78, 5) is 0. The monoisotopic (exact) mass is 367 g/mol. The van der Waals surface area contributed by atoms with Gasteiger partial charge < -0.3 is 10.4 Å². The Morgan fingerprint density at radius 3 is 2.62 bits per heavy atom. The molecule has 0 radical (unpaired) electrons. The van der Waals surface area contributed by atoms with E-state index in [4.69, 9.17) is 0 Å². The van der Waals surface area contributed by atoms with Gasteiger partial charge in [-0.15, -0.1) is 0 Å². The van der Waals surface area contributed by atoms with E-state index in [-0.39, 0.29) is 22.6 Å². The first-order valence-electron chi connectivity index (χ1n) is 8.62. The van der Waals surface area contributed by atoms with Crippen molar-refractivity contribution in [1.82, 2.24) is 9.78 Å². The van der Waals surface area contributed by atoms with Crippen molar-refractivity contribution in [2.45, 2.75) is 57.9 Å². The van der Waals surface area contributed by atoms with Crippen LogP contribution in [0.5, 0.6) is 0 Å². The highest BCUT2D eigenvalue weighted by atomic mass is 19.4. The van der Waals surface area contributed by atoms with Crippen molar-refractivity contribution in [3.63, 3.8) is 0 Å². The lowest BCUT2D eigenvalue weighted by atomic mass is 9.86. The van der Waals surface area contributed by atoms with E-state index in [1.54, 1.807) is 6.07 Å². The molecule has 1 aromatic heterocycles. The molecule has 1 heterocycles. The molecule has 0 amide bonds. The molecule has 0 saturated heterocycles. The van der Waals surface area contributed by atoms with E-state index < -0.39 is 18.1 Å². The predicted molar refractivity (Wildman–Crippen MR) is 94.0 cm³/mol. The number of aromatic nitrogens is 2. The third-order valence-corrected chi connectivity index (χ3v) is 5.36. The lowest BCUT2D eigenvalue weighted by Gasteiger charge is -2.21. The van der Waals surface area contributed by atoms with Crippen LogP contribution in [-0.4, -0.2) is 14.9 Å². The first kappa shape index (κ1) is 18.8. The Balaban J connectivity index is 2.02. The summed E-state index contributed by atoms with van der Waals surface area (Å²) in [5, 5.41) is 17.0. The summed E-state index contributed by atoms with van der Waals surface area (Å²) in [5.74, 6) is 0.257. The summed E-state index contributed by atoms with van der Waals surface area (Å²) in [6.07, 6.45) is -5.17. The lowest BCUT2D eigenvalue weighted by molar-refractivity contribution is -0.142. The highest BCUT2D eigenvalue weighted by molar-refractivity contribution is 5.61. The van der Waals surface area contributed by atoms with Gasteiger partial charge in [0.15, 0.2) is 11.9 Å². The molecule has 4 nitrogen and oxygen atoms in total. The maximum absolute atomic E-state index is 13.3. The van der Waals surface area contributed by atoms with Gasteiger partial charge in [-0.3, -0.25) is 4.68 Å². The van der Waals surface area contributed by atoms with Crippen LogP contribution >= 0.6 is 0 Å². The second-order valence-electron chi connectivity index (χ2n) is 7.77. The topological polar surface area (TPSA) is 50.1 Å². The van der Waals surface area contributed by atoms with Crippen LogP contribution in [-0.2, 0) is 18.6 Å². The second-order valence-corrected chi connectivity index (χ2v) is 7.77. The van der Waals surface area contributed by atoms with Crippen LogP contribution in [0.2, 0.25) is 0 Å². The van der Waals surface area contributed by atoms with E-state index >= 15 is 0 Å². The highest BCUT2D eigenvalue weighted by Crippen LogP contribution is 2.49. The number of hydrogen-bond donors (Lipinski definition) is 2. The molecule has 2 atom stereocenters.